The second kappa shape index (κ2) is 5.65. The molecule has 1 nitrogen and oxygen atoms in total. The first kappa shape index (κ1) is 18.1. The summed E-state index contributed by atoms with van der Waals surface area (Å²) < 4.78 is 99.2. The zero-order chi connectivity index (χ0) is 15.9. The van der Waals surface area contributed by atoms with E-state index in [1.807, 2.05) is 0 Å². The molecular formula is C9H2Br2F7OS. The Hall–Kier alpha value is -0.000000000000000167. The Morgan fingerprint density at radius 2 is 1.35 bits per heavy atom. The SMILES string of the molecule is [O-][S+](c1cc(Br)[c]c(Br)c1)C(F)(F)C(F)(F)C(F)(F)F. The van der Waals surface area contributed by atoms with E-state index in [-0.39, 0.29) is 8.95 Å². The summed E-state index contributed by atoms with van der Waals surface area (Å²) in [7, 11) is 0. The molecule has 0 bridgehead atoms. The van der Waals surface area contributed by atoms with Gasteiger partial charge in [0.1, 0.15) is 0 Å². The van der Waals surface area contributed by atoms with E-state index in [0.29, 0.717) is 12.1 Å². The van der Waals surface area contributed by atoms with Gasteiger partial charge >= 0.3 is 17.4 Å². The number of rotatable bonds is 3. The average Bonchev–Trinajstić information content (AvgIpc) is 2.24. The predicted octanol–water partition coefficient (Wildman–Crippen LogP) is 4.91. The maximum Gasteiger partial charge on any atom is 0.486 e. The van der Waals surface area contributed by atoms with Crippen LogP contribution in [-0.4, -0.2) is 21.9 Å². The van der Waals surface area contributed by atoms with Crippen molar-refractivity contribution < 1.29 is 35.3 Å². The quantitative estimate of drug-likeness (QED) is 0.474. The van der Waals surface area contributed by atoms with Gasteiger partial charge in [-0.05, 0) is 31.9 Å². The zero-order valence-corrected chi connectivity index (χ0v) is 12.9. The van der Waals surface area contributed by atoms with Crippen molar-refractivity contribution in [1.82, 2.24) is 0 Å². The van der Waals surface area contributed by atoms with Gasteiger partial charge < -0.3 is 4.55 Å². The minimum atomic E-state index is -6.53. The second-order valence-corrected chi connectivity index (χ2v) is 6.60. The summed E-state index contributed by atoms with van der Waals surface area (Å²) in [5.74, 6) is -6.43. The van der Waals surface area contributed by atoms with Gasteiger partial charge in [0, 0.05) is 27.1 Å². The fourth-order valence-electron chi connectivity index (χ4n) is 1.01. The van der Waals surface area contributed by atoms with Crippen LogP contribution >= 0.6 is 31.9 Å². The van der Waals surface area contributed by atoms with E-state index < -0.39 is 33.4 Å². The second-order valence-electron chi connectivity index (χ2n) is 3.37. The van der Waals surface area contributed by atoms with Crippen molar-refractivity contribution in [3.8, 4) is 0 Å². The third-order valence-corrected chi connectivity index (χ3v) is 4.19. The summed E-state index contributed by atoms with van der Waals surface area (Å²) >= 11 is 1.61. The Kier molecular flexibility index (Phi) is 5.10. The van der Waals surface area contributed by atoms with Crippen LogP contribution in [-0.2, 0) is 11.2 Å². The molecule has 0 amide bonds. The van der Waals surface area contributed by atoms with E-state index in [1.54, 1.807) is 0 Å². The highest BCUT2D eigenvalue weighted by Gasteiger charge is 2.80. The van der Waals surface area contributed by atoms with Crippen molar-refractivity contribution in [2.75, 3.05) is 0 Å². The van der Waals surface area contributed by atoms with Crippen molar-refractivity contribution in [2.45, 2.75) is 22.2 Å². The summed E-state index contributed by atoms with van der Waals surface area (Å²) in [6.45, 7) is 0. The van der Waals surface area contributed by atoms with Crippen LogP contribution in [0.4, 0.5) is 30.7 Å². The molecule has 0 aliphatic rings. The Bertz CT molecular complexity index is 485. The topological polar surface area (TPSA) is 23.1 Å². The zero-order valence-electron chi connectivity index (χ0n) is 8.87. The minimum Gasteiger partial charge on any atom is -0.607 e. The maximum atomic E-state index is 13.2. The summed E-state index contributed by atoms with van der Waals surface area (Å²) in [5, 5.41) is -5.81. The molecule has 1 rings (SSSR count). The van der Waals surface area contributed by atoms with Gasteiger partial charge in [-0.15, -0.1) is 8.78 Å². The van der Waals surface area contributed by atoms with E-state index in [2.05, 4.69) is 37.9 Å². The Morgan fingerprint density at radius 3 is 1.70 bits per heavy atom. The van der Waals surface area contributed by atoms with Gasteiger partial charge in [-0.2, -0.15) is 22.0 Å². The lowest BCUT2D eigenvalue weighted by molar-refractivity contribution is -0.332. The van der Waals surface area contributed by atoms with Gasteiger partial charge in [0.05, 0.1) is 11.2 Å². The fourth-order valence-corrected chi connectivity index (χ4v) is 3.60. The number of benzene rings is 1. The smallest absolute Gasteiger partial charge is 0.486 e. The molecule has 0 aliphatic carbocycles. The van der Waals surface area contributed by atoms with Gasteiger partial charge in [0.25, 0.3) is 0 Å². The van der Waals surface area contributed by atoms with Crippen molar-refractivity contribution in [3.05, 3.63) is 27.1 Å². The van der Waals surface area contributed by atoms with Crippen molar-refractivity contribution in [1.29, 1.82) is 0 Å². The monoisotopic (exact) mass is 449 g/mol. The van der Waals surface area contributed by atoms with E-state index in [4.69, 9.17) is 0 Å². The number of alkyl halides is 7. The molecule has 1 radical (unpaired) electrons. The average molecular weight is 451 g/mol. The van der Waals surface area contributed by atoms with E-state index in [0.717, 1.165) is 0 Å². The van der Waals surface area contributed by atoms with Gasteiger partial charge in [0.2, 0.25) is 0 Å². The molecule has 1 aromatic carbocycles. The molecule has 0 saturated carbocycles. The fraction of sp³-hybridized carbons (Fsp3) is 0.333. The Morgan fingerprint density at radius 1 is 0.950 bits per heavy atom. The third-order valence-electron chi connectivity index (χ3n) is 1.95. The molecule has 1 unspecified atom stereocenters. The van der Waals surface area contributed by atoms with Crippen LogP contribution in [0.1, 0.15) is 0 Å². The molecule has 0 aromatic heterocycles. The molecule has 0 spiro atoms. The summed E-state index contributed by atoms with van der Waals surface area (Å²) in [6, 6.07) is 3.85. The van der Waals surface area contributed by atoms with Crippen LogP contribution in [0.5, 0.6) is 0 Å². The predicted molar refractivity (Wildman–Crippen MR) is 63.0 cm³/mol. The van der Waals surface area contributed by atoms with Crippen molar-refractivity contribution in [2.24, 2.45) is 0 Å². The van der Waals surface area contributed by atoms with Crippen LogP contribution in [0.2, 0.25) is 0 Å². The first-order valence-corrected chi connectivity index (χ1v) is 7.17. The van der Waals surface area contributed by atoms with Gasteiger partial charge in [-0.3, -0.25) is 0 Å². The lowest BCUT2D eigenvalue weighted by Gasteiger charge is -2.28. The Labute approximate surface area is 128 Å². The number of halogens is 9. The van der Waals surface area contributed by atoms with E-state index in [1.165, 1.54) is 0 Å². The van der Waals surface area contributed by atoms with Gasteiger partial charge in [-0.25, -0.2) is 0 Å². The normalized spacial score (nSPS) is 15.3. The highest BCUT2D eigenvalue weighted by molar-refractivity contribution is 9.11. The molecule has 1 atom stereocenters. The molecule has 11 heteroatoms. The molecule has 0 aliphatic heterocycles. The summed E-state index contributed by atoms with van der Waals surface area (Å²) in [5.41, 5.74) is 0. The van der Waals surface area contributed by atoms with Crippen molar-refractivity contribution in [3.63, 3.8) is 0 Å². The maximum absolute atomic E-state index is 13.2. The largest absolute Gasteiger partial charge is 0.607 e. The lowest BCUT2D eigenvalue weighted by Crippen LogP contribution is -2.55. The molecule has 0 N–H and O–H groups in total. The van der Waals surface area contributed by atoms with Crippen LogP contribution in [0.3, 0.4) is 0 Å². The first-order chi connectivity index (χ1) is 8.80. The molecule has 0 fully saturated rings. The van der Waals surface area contributed by atoms with E-state index in [9.17, 15) is 35.3 Å². The number of hydrogen-bond acceptors (Lipinski definition) is 1. The Balaban J connectivity index is 3.27. The van der Waals surface area contributed by atoms with Gasteiger partial charge in [-0.1, -0.05) is 0 Å². The minimum absolute atomic E-state index is 0.0404. The van der Waals surface area contributed by atoms with Crippen LogP contribution in [0.15, 0.2) is 26.0 Å². The van der Waals surface area contributed by atoms with Crippen LogP contribution < -0.4 is 0 Å². The third kappa shape index (κ3) is 3.25. The van der Waals surface area contributed by atoms with Crippen LogP contribution in [0.25, 0.3) is 0 Å². The van der Waals surface area contributed by atoms with E-state index >= 15 is 0 Å². The molecule has 1 aromatic rings. The molecule has 0 heterocycles. The highest BCUT2D eigenvalue weighted by Crippen LogP contribution is 2.50. The van der Waals surface area contributed by atoms with Crippen LogP contribution in [0, 0.1) is 6.07 Å². The molecular weight excluding hydrogens is 449 g/mol. The molecule has 0 saturated heterocycles. The number of hydrogen-bond donors (Lipinski definition) is 0. The van der Waals surface area contributed by atoms with Crippen molar-refractivity contribution >= 4 is 43.0 Å². The molecule has 113 valence electrons. The van der Waals surface area contributed by atoms with Gasteiger partial charge in [0.15, 0.2) is 4.90 Å². The first-order valence-electron chi connectivity index (χ1n) is 4.43. The lowest BCUT2D eigenvalue weighted by atomic mass is 10.3. The molecule has 20 heavy (non-hydrogen) atoms. The highest BCUT2D eigenvalue weighted by atomic mass is 79.9. The standard InChI is InChI=1S/C9H2Br2F7OS/c10-4-1-5(11)3-6(2-4)20(19)9(17,18)7(12,13)8(14,15)16/h2-3H. The summed E-state index contributed by atoms with van der Waals surface area (Å²) in [4.78, 5) is -0.906. The summed E-state index contributed by atoms with van der Waals surface area (Å²) in [6.07, 6.45) is -6.53.